The molecule has 0 fully saturated rings. The third-order valence-electron chi connectivity index (χ3n) is 2.05. The predicted octanol–water partition coefficient (Wildman–Crippen LogP) is 2.94. The van der Waals surface area contributed by atoms with Crippen LogP contribution in [0.2, 0.25) is 0 Å². The predicted molar refractivity (Wildman–Crippen MR) is 61.4 cm³/mol. The van der Waals surface area contributed by atoms with Gasteiger partial charge >= 0.3 is 5.97 Å². The molecule has 0 radical (unpaired) electrons. The normalized spacial score (nSPS) is 9.87. The minimum Gasteiger partial charge on any atom is -0.494 e. The first-order valence-electron chi connectivity index (χ1n) is 4.62. The molecule has 3 nitrogen and oxygen atoms in total. The molecule has 0 bridgehead atoms. The van der Waals surface area contributed by atoms with Crippen LogP contribution in [0, 0.1) is 6.92 Å². The maximum absolute atomic E-state index is 11.5. The van der Waals surface area contributed by atoms with Gasteiger partial charge in [0.2, 0.25) is 0 Å². The third-order valence-corrected chi connectivity index (χ3v) is 2.71. The molecule has 1 aromatic rings. The van der Waals surface area contributed by atoms with Crippen molar-refractivity contribution in [2.24, 2.45) is 0 Å². The standard InChI is InChI=1S/C11H13BrO3/c1-4-15-9-6-5-8(12)10(7(9)2)11(13)14-3/h5-6H,4H2,1-3H3. The van der Waals surface area contributed by atoms with Crippen LogP contribution in [0.1, 0.15) is 22.8 Å². The summed E-state index contributed by atoms with van der Waals surface area (Å²) < 4.78 is 10.8. The van der Waals surface area contributed by atoms with E-state index >= 15 is 0 Å². The van der Waals surface area contributed by atoms with Crippen LogP contribution >= 0.6 is 15.9 Å². The molecule has 1 rings (SSSR count). The average molecular weight is 273 g/mol. The van der Waals surface area contributed by atoms with Crippen molar-refractivity contribution in [1.82, 2.24) is 0 Å². The van der Waals surface area contributed by atoms with E-state index in [0.29, 0.717) is 17.9 Å². The summed E-state index contributed by atoms with van der Waals surface area (Å²) in [4.78, 5) is 11.5. The van der Waals surface area contributed by atoms with Crippen LogP contribution in [-0.2, 0) is 4.74 Å². The number of hydrogen-bond acceptors (Lipinski definition) is 3. The first-order chi connectivity index (χ1) is 7.11. The van der Waals surface area contributed by atoms with Gasteiger partial charge in [0.05, 0.1) is 19.3 Å². The van der Waals surface area contributed by atoms with E-state index in [1.165, 1.54) is 7.11 Å². The van der Waals surface area contributed by atoms with E-state index in [-0.39, 0.29) is 5.97 Å². The fraction of sp³-hybridized carbons (Fsp3) is 0.364. The summed E-state index contributed by atoms with van der Waals surface area (Å²) >= 11 is 3.32. The van der Waals surface area contributed by atoms with Crippen LogP contribution in [0.25, 0.3) is 0 Å². The van der Waals surface area contributed by atoms with Gasteiger partial charge in [0.15, 0.2) is 0 Å². The van der Waals surface area contributed by atoms with E-state index in [1.54, 1.807) is 6.07 Å². The number of hydrogen-bond donors (Lipinski definition) is 0. The van der Waals surface area contributed by atoms with E-state index < -0.39 is 0 Å². The summed E-state index contributed by atoms with van der Waals surface area (Å²) in [5, 5.41) is 0. The molecular weight excluding hydrogens is 260 g/mol. The highest BCUT2D eigenvalue weighted by Crippen LogP contribution is 2.28. The van der Waals surface area contributed by atoms with Gasteiger partial charge in [-0.05, 0) is 41.9 Å². The quantitative estimate of drug-likeness (QED) is 0.794. The van der Waals surface area contributed by atoms with Crippen LogP contribution in [0.4, 0.5) is 0 Å². The fourth-order valence-electron chi connectivity index (χ4n) is 1.32. The molecule has 0 heterocycles. The lowest BCUT2D eigenvalue weighted by molar-refractivity contribution is 0.0598. The molecule has 0 saturated carbocycles. The van der Waals surface area contributed by atoms with E-state index in [9.17, 15) is 4.79 Å². The number of carbonyl (C=O) groups is 1. The van der Waals surface area contributed by atoms with Gasteiger partial charge in [0.25, 0.3) is 0 Å². The zero-order chi connectivity index (χ0) is 11.4. The Balaban J connectivity index is 3.23. The molecule has 82 valence electrons. The Kier molecular flexibility index (Phi) is 4.15. The molecule has 1 aromatic carbocycles. The second-order valence-corrected chi connectivity index (χ2v) is 3.82. The van der Waals surface area contributed by atoms with Gasteiger partial charge < -0.3 is 9.47 Å². The number of carbonyl (C=O) groups excluding carboxylic acids is 1. The number of methoxy groups -OCH3 is 1. The number of rotatable bonds is 3. The third kappa shape index (κ3) is 2.50. The van der Waals surface area contributed by atoms with Crippen molar-refractivity contribution < 1.29 is 14.3 Å². The van der Waals surface area contributed by atoms with Crippen molar-refractivity contribution in [2.45, 2.75) is 13.8 Å². The summed E-state index contributed by atoms with van der Waals surface area (Å²) in [6, 6.07) is 3.61. The Morgan fingerprint density at radius 2 is 2.13 bits per heavy atom. The molecule has 15 heavy (non-hydrogen) atoms. The van der Waals surface area contributed by atoms with Crippen LogP contribution in [-0.4, -0.2) is 19.7 Å². The summed E-state index contributed by atoms with van der Waals surface area (Å²) in [6.07, 6.45) is 0. The average Bonchev–Trinajstić information content (AvgIpc) is 2.22. The van der Waals surface area contributed by atoms with Crippen molar-refractivity contribution in [2.75, 3.05) is 13.7 Å². The highest BCUT2D eigenvalue weighted by molar-refractivity contribution is 9.10. The molecule has 0 unspecified atom stereocenters. The van der Waals surface area contributed by atoms with Gasteiger partial charge in [0, 0.05) is 10.0 Å². The van der Waals surface area contributed by atoms with Gasteiger partial charge in [-0.3, -0.25) is 0 Å². The largest absolute Gasteiger partial charge is 0.494 e. The van der Waals surface area contributed by atoms with Crippen molar-refractivity contribution in [3.8, 4) is 5.75 Å². The highest BCUT2D eigenvalue weighted by Gasteiger charge is 2.16. The van der Waals surface area contributed by atoms with E-state index in [1.807, 2.05) is 19.9 Å². The SMILES string of the molecule is CCOc1ccc(Br)c(C(=O)OC)c1C. The zero-order valence-electron chi connectivity index (χ0n) is 8.96. The van der Waals surface area contributed by atoms with Crippen LogP contribution < -0.4 is 4.74 Å². The molecule has 0 aliphatic heterocycles. The summed E-state index contributed by atoms with van der Waals surface area (Å²) in [5.74, 6) is 0.349. The number of halogens is 1. The van der Waals surface area contributed by atoms with Crippen molar-refractivity contribution in [1.29, 1.82) is 0 Å². The fourth-order valence-corrected chi connectivity index (χ4v) is 1.92. The summed E-state index contributed by atoms with van der Waals surface area (Å²) in [6.45, 7) is 4.31. The lowest BCUT2D eigenvalue weighted by atomic mass is 10.1. The first-order valence-corrected chi connectivity index (χ1v) is 5.41. The van der Waals surface area contributed by atoms with E-state index in [0.717, 1.165) is 10.0 Å². The molecule has 0 atom stereocenters. The van der Waals surface area contributed by atoms with Gasteiger partial charge in [0.1, 0.15) is 5.75 Å². The Morgan fingerprint density at radius 1 is 1.47 bits per heavy atom. The topological polar surface area (TPSA) is 35.5 Å². The Bertz CT molecular complexity index is 374. The second-order valence-electron chi connectivity index (χ2n) is 2.97. The maximum atomic E-state index is 11.5. The summed E-state index contributed by atoms with van der Waals surface area (Å²) in [7, 11) is 1.36. The highest BCUT2D eigenvalue weighted by atomic mass is 79.9. The van der Waals surface area contributed by atoms with Gasteiger partial charge in [-0.25, -0.2) is 4.79 Å². The van der Waals surface area contributed by atoms with E-state index in [2.05, 4.69) is 15.9 Å². The monoisotopic (exact) mass is 272 g/mol. The van der Waals surface area contributed by atoms with Crippen LogP contribution in [0.5, 0.6) is 5.75 Å². The Hall–Kier alpha value is -1.03. The van der Waals surface area contributed by atoms with Gasteiger partial charge in [-0.2, -0.15) is 0 Å². The van der Waals surface area contributed by atoms with Crippen molar-refractivity contribution >= 4 is 21.9 Å². The molecule has 0 saturated heterocycles. The molecule has 0 aliphatic carbocycles. The van der Waals surface area contributed by atoms with Crippen LogP contribution in [0.3, 0.4) is 0 Å². The van der Waals surface area contributed by atoms with E-state index in [4.69, 9.17) is 9.47 Å². The second kappa shape index (κ2) is 5.16. The minimum absolute atomic E-state index is 0.360. The lowest BCUT2D eigenvalue weighted by Crippen LogP contribution is -2.07. The Labute approximate surface area is 97.5 Å². The minimum atomic E-state index is -0.360. The van der Waals surface area contributed by atoms with Crippen molar-refractivity contribution in [3.05, 3.63) is 27.7 Å². The molecule has 4 heteroatoms. The number of esters is 1. The molecular formula is C11H13BrO3. The van der Waals surface area contributed by atoms with Crippen molar-refractivity contribution in [3.63, 3.8) is 0 Å². The number of benzene rings is 1. The van der Waals surface area contributed by atoms with Gasteiger partial charge in [-0.1, -0.05) is 0 Å². The molecule has 0 spiro atoms. The molecule has 0 N–H and O–H groups in total. The number of ether oxygens (including phenoxy) is 2. The molecule has 0 aromatic heterocycles. The van der Waals surface area contributed by atoms with Gasteiger partial charge in [-0.15, -0.1) is 0 Å². The Morgan fingerprint density at radius 3 is 2.67 bits per heavy atom. The molecule has 0 amide bonds. The van der Waals surface area contributed by atoms with Crippen LogP contribution in [0.15, 0.2) is 16.6 Å². The smallest absolute Gasteiger partial charge is 0.339 e. The zero-order valence-corrected chi connectivity index (χ0v) is 10.6. The summed E-state index contributed by atoms with van der Waals surface area (Å²) in [5.41, 5.74) is 1.31. The molecule has 0 aliphatic rings. The first kappa shape index (κ1) is 12.0. The maximum Gasteiger partial charge on any atom is 0.339 e. The lowest BCUT2D eigenvalue weighted by Gasteiger charge is -2.11.